The molecule has 2 heterocycles. The van der Waals surface area contributed by atoms with Crippen LogP contribution in [-0.4, -0.2) is 28.1 Å². The highest BCUT2D eigenvalue weighted by Crippen LogP contribution is 2.24. The van der Waals surface area contributed by atoms with Crippen LogP contribution in [0.25, 0.3) is 0 Å². The predicted octanol–water partition coefficient (Wildman–Crippen LogP) is 0.264. The highest BCUT2D eigenvalue weighted by Gasteiger charge is 2.25. The zero-order valence-electron chi connectivity index (χ0n) is 6.21. The first kappa shape index (κ1) is 7.24. The average Bonchev–Trinajstić information content (AvgIpc) is 2.15. The molecule has 5 heteroatoms. The van der Waals surface area contributed by atoms with Crippen LogP contribution in [-0.2, 0) is 7.05 Å². The summed E-state index contributed by atoms with van der Waals surface area (Å²) in [6.45, 7) is 2.08. The van der Waals surface area contributed by atoms with Crippen LogP contribution < -0.4 is 5.32 Å². The van der Waals surface area contributed by atoms with Gasteiger partial charge in [0.05, 0.1) is 5.69 Å². The van der Waals surface area contributed by atoms with Gasteiger partial charge in [-0.3, -0.25) is 4.68 Å². The second kappa shape index (κ2) is 2.57. The number of halogens is 1. The van der Waals surface area contributed by atoms with Crippen LogP contribution in [0.2, 0.25) is 0 Å². The molecule has 60 valence electrons. The van der Waals surface area contributed by atoms with Crippen LogP contribution in [0, 0.1) is 0 Å². The first-order valence-corrected chi connectivity index (χ1v) is 4.34. The lowest BCUT2D eigenvalue weighted by Crippen LogP contribution is -2.41. The largest absolute Gasteiger partial charge is 0.315 e. The second-order valence-electron chi connectivity index (χ2n) is 2.74. The number of nitrogens with one attached hydrogen (secondary N) is 1. The summed E-state index contributed by atoms with van der Waals surface area (Å²) in [4.78, 5) is 0. The SMILES string of the molecule is Cn1nnc(Br)c1C1CNC1. The van der Waals surface area contributed by atoms with Crippen LogP contribution >= 0.6 is 15.9 Å². The zero-order valence-corrected chi connectivity index (χ0v) is 7.80. The fourth-order valence-corrected chi connectivity index (χ4v) is 1.91. The van der Waals surface area contributed by atoms with Gasteiger partial charge in [0.25, 0.3) is 0 Å². The van der Waals surface area contributed by atoms with Gasteiger partial charge in [0.1, 0.15) is 0 Å². The van der Waals surface area contributed by atoms with Crippen molar-refractivity contribution in [1.82, 2.24) is 20.3 Å². The molecular formula is C6H9BrN4. The van der Waals surface area contributed by atoms with Crippen molar-refractivity contribution in [3.63, 3.8) is 0 Å². The summed E-state index contributed by atoms with van der Waals surface area (Å²) in [5.74, 6) is 0.587. The number of aromatic nitrogens is 3. The van der Waals surface area contributed by atoms with E-state index in [1.54, 1.807) is 0 Å². The van der Waals surface area contributed by atoms with Crippen LogP contribution in [0.5, 0.6) is 0 Å². The Morgan fingerprint density at radius 2 is 2.36 bits per heavy atom. The Balaban J connectivity index is 2.33. The Hall–Kier alpha value is -0.420. The lowest BCUT2D eigenvalue weighted by Gasteiger charge is -2.26. The third kappa shape index (κ3) is 1.08. The number of aryl methyl sites for hydroxylation is 1. The van der Waals surface area contributed by atoms with E-state index in [9.17, 15) is 0 Å². The minimum atomic E-state index is 0.587. The van der Waals surface area contributed by atoms with Crippen molar-refractivity contribution in [2.45, 2.75) is 5.92 Å². The van der Waals surface area contributed by atoms with Gasteiger partial charge >= 0.3 is 0 Å². The van der Waals surface area contributed by atoms with Gasteiger partial charge in [-0.15, -0.1) is 5.10 Å². The number of hydrogen-bond acceptors (Lipinski definition) is 3. The number of nitrogens with zero attached hydrogens (tertiary/aromatic N) is 3. The zero-order chi connectivity index (χ0) is 7.84. The first-order valence-electron chi connectivity index (χ1n) is 3.55. The summed E-state index contributed by atoms with van der Waals surface area (Å²) in [7, 11) is 1.92. The van der Waals surface area contributed by atoms with Crippen molar-refractivity contribution in [2.24, 2.45) is 7.05 Å². The Kier molecular flexibility index (Phi) is 1.69. The van der Waals surface area contributed by atoms with Crippen molar-refractivity contribution in [3.05, 3.63) is 10.3 Å². The van der Waals surface area contributed by atoms with Gasteiger partial charge in [0.2, 0.25) is 0 Å². The van der Waals surface area contributed by atoms with Crippen molar-refractivity contribution in [3.8, 4) is 0 Å². The molecule has 0 aromatic carbocycles. The predicted molar refractivity (Wildman–Crippen MR) is 44.3 cm³/mol. The van der Waals surface area contributed by atoms with Gasteiger partial charge in [0, 0.05) is 26.1 Å². The second-order valence-corrected chi connectivity index (χ2v) is 3.50. The fraction of sp³-hybridized carbons (Fsp3) is 0.667. The Labute approximate surface area is 73.1 Å². The lowest BCUT2D eigenvalue weighted by molar-refractivity contribution is 0.423. The van der Waals surface area contributed by atoms with E-state index in [2.05, 4.69) is 31.6 Å². The molecule has 1 fully saturated rings. The van der Waals surface area contributed by atoms with Crippen molar-refractivity contribution in [1.29, 1.82) is 0 Å². The van der Waals surface area contributed by atoms with E-state index in [0.717, 1.165) is 17.7 Å². The van der Waals surface area contributed by atoms with Crippen molar-refractivity contribution >= 4 is 15.9 Å². The van der Waals surface area contributed by atoms with E-state index in [1.807, 2.05) is 11.7 Å². The molecule has 0 saturated carbocycles. The molecule has 1 N–H and O–H groups in total. The molecule has 0 radical (unpaired) electrons. The molecule has 0 aliphatic carbocycles. The molecule has 1 aliphatic heterocycles. The molecule has 2 rings (SSSR count). The molecule has 0 amide bonds. The van der Waals surface area contributed by atoms with Gasteiger partial charge in [0.15, 0.2) is 4.60 Å². The van der Waals surface area contributed by atoms with Crippen molar-refractivity contribution in [2.75, 3.05) is 13.1 Å². The maximum absolute atomic E-state index is 3.92. The van der Waals surface area contributed by atoms with Crippen LogP contribution in [0.1, 0.15) is 11.6 Å². The Bertz CT molecular complexity index is 246. The van der Waals surface area contributed by atoms with Gasteiger partial charge in [-0.1, -0.05) is 5.21 Å². The molecule has 1 saturated heterocycles. The maximum Gasteiger partial charge on any atom is 0.151 e. The minimum absolute atomic E-state index is 0.587. The number of rotatable bonds is 1. The standard InChI is InChI=1S/C6H9BrN4/c1-11-5(4-2-8-3-4)6(7)9-10-11/h4,8H,2-3H2,1H3. The summed E-state index contributed by atoms with van der Waals surface area (Å²) in [5.41, 5.74) is 1.20. The van der Waals surface area contributed by atoms with E-state index in [-0.39, 0.29) is 0 Å². The van der Waals surface area contributed by atoms with Gasteiger partial charge in [-0.05, 0) is 15.9 Å². The molecule has 0 bridgehead atoms. The molecular weight excluding hydrogens is 208 g/mol. The Morgan fingerprint density at radius 1 is 1.64 bits per heavy atom. The highest BCUT2D eigenvalue weighted by atomic mass is 79.9. The van der Waals surface area contributed by atoms with Crippen LogP contribution in [0.15, 0.2) is 4.60 Å². The van der Waals surface area contributed by atoms with E-state index < -0.39 is 0 Å². The van der Waals surface area contributed by atoms with Crippen LogP contribution in [0.3, 0.4) is 0 Å². The smallest absolute Gasteiger partial charge is 0.151 e. The van der Waals surface area contributed by atoms with Gasteiger partial charge < -0.3 is 5.32 Å². The highest BCUT2D eigenvalue weighted by molar-refractivity contribution is 9.10. The first-order chi connectivity index (χ1) is 5.29. The lowest BCUT2D eigenvalue weighted by atomic mass is 10.0. The third-order valence-electron chi connectivity index (χ3n) is 1.99. The maximum atomic E-state index is 3.92. The molecule has 0 unspecified atom stereocenters. The summed E-state index contributed by atoms with van der Waals surface area (Å²) in [6.07, 6.45) is 0. The molecule has 4 nitrogen and oxygen atoms in total. The topological polar surface area (TPSA) is 42.7 Å². The molecule has 11 heavy (non-hydrogen) atoms. The summed E-state index contributed by atoms with van der Waals surface area (Å²) in [5, 5.41) is 11.0. The molecule has 1 aromatic heterocycles. The molecule has 1 aromatic rings. The quantitative estimate of drug-likeness (QED) is 0.733. The summed E-state index contributed by atoms with van der Waals surface area (Å²) < 4.78 is 2.71. The third-order valence-corrected chi connectivity index (χ3v) is 2.56. The Morgan fingerprint density at radius 3 is 2.73 bits per heavy atom. The van der Waals surface area contributed by atoms with E-state index in [4.69, 9.17) is 0 Å². The molecule has 1 aliphatic rings. The van der Waals surface area contributed by atoms with E-state index >= 15 is 0 Å². The number of hydrogen-bond donors (Lipinski definition) is 1. The monoisotopic (exact) mass is 216 g/mol. The minimum Gasteiger partial charge on any atom is -0.315 e. The van der Waals surface area contributed by atoms with Crippen LogP contribution in [0.4, 0.5) is 0 Å². The van der Waals surface area contributed by atoms with Gasteiger partial charge in [-0.25, -0.2) is 0 Å². The fourth-order valence-electron chi connectivity index (χ4n) is 1.25. The summed E-state index contributed by atoms with van der Waals surface area (Å²) >= 11 is 3.37. The molecule has 0 spiro atoms. The van der Waals surface area contributed by atoms with Crippen molar-refractivity contribution < 1.29 is 0 Å². The normalized spacial score (nSPS) is 18.4. The van der Waals surface area contributed by atoms with E-state index in [0.29, 0.717) is 5.92 Å². The summed E-state index contributed by atoms with van der Waals surface area (Å²) in [6, 6.07) is 0. The van der Waals surface area contributed by atoms with Gasteiger partial charge in [-0.2, -0.15) is 0 Å². The van der Waals surface area contributed by atoms with E-state index in [1.165, 1.54) is 5.69 Å². The molecule has 0 atom stereocenters. The average molecular weight is 217 g/mol.